The quantitative estimate of drug-likeness (QED) is 0.238. The van der Waals surface area contributed by atoms with Gasteiger partial charge in [-0.2, -0.15) is 0 Å². The minimum atomic E-state index is -2.03. The van der Waals surface area contributed by atoms with Gasteiger partial charge in [-0.05, 0) is 45.1 Å². The van der Waals surface area contributed by atoms with E-state index in [4.69, 9.17) is 4.43 Å². The van der Waals surface area contributed by atoms with E-state index in [1.54, 1.807) is 6.20 Å². The Hall–Kier alpha value is -2.70. The van der Waals surface area contributed by atoms with Crippen LogP contribution in [0.1, 0.15) is 26.5 Å². The maximum atomic E-state index is 11.1. The van der Waals surface area contributed by atoms with E-state index in [9.17, 15) is 20.2 Å². The van der Waals surface area contributed by atoms with Gasteiger partial charge in [-0.3, -0.25) is 4.98 Å². The Labute approximate surface area is 182 Å². The van der Waals surface area contributed by atoms with Crippen LogP contribution in [0.2, 0.25) is 18.1 Å². The van der Waals surface area contributed by atoms with Crippen molar-refractivity contribution in [1.82, 2.24) is 19.9 Å². The van der Waals surface area contributed by atoms with E-state index in [2.05, 4.69) is 49.1 Å². The summed E-state index contributed by atoms with van der Waals surface area (Å²) in [5, 5.41) is 25.3. The van der Waals surface area contributed by atoms with E-state index >= 15 is 0 Å². The van der Waals surface area contributed by atoms with Crippen molar-refractivity contribution in [3.05, 3.63) is 56.5 Å². The number of aromatic nitrogens is 3. The molecule has 31 heavy (non-hydrogen) atoms. The van der Waals surface area contributed by atoms with Crippen molar-refractivity contribution in [1.29, 1.82) is 0 Å². The van der Waals surface area contributed by atoms with E-state index < -0.39 is 29.9 Å². The zero-order valence-corrected chi connectivity index (χ0v) is 19.6. The maximum Gasteiger partial charge on any atom is 0.439 e. The maximum absolute atomic E-state index is 11.1. The third-order valence-electron chi connectivity index (χ3n) is 5.43. The monoisotopic (exact) mass is 450 g/mol. The molecule has 12 heteroatoms. The number of rotatable bonds is 11. The molecule has 0 spiro atoms. The van der Waals surface area contributed by atoms with Crippen LogP contribution in [0, 0.1) is 20.2 Å². The first-order valence-electron chi connectivity index (χ1n) is 10.0. The highest BCUT2D eigenvalue weighted by molar-refractivity contribution is 6.74. The highest BCUT2D eigenvalue weighted by Crippen LogP contribution is 2.37. The van der Waals surface area contributed by atoms with Gasteiger partial charge in [0.05, 0.1) is 12.6 Å². The standard InChI is InChI=1S/C19H30N6O5Si/c1-19(2,3)31(4,5)30-16(12-15-8-6-7-9-21-15)13-20-10-11-23-14-17(24(26)27)22-18(23)25(28)29/h6-9,14,16,20H,10-13H2,1-5H3. The second kappa shape index (κ2) is 10.1. The number of nitrogens with one attached hydrogen (secondary N) is 1. The molecule has 2 aromatic rings. The van der Waals surface area contributed by atoms with E-state index in [0.717, 1.165) is 11.9 Å². The molecule has 0 aliphatic carbocycles. The average Bonchev–Trinajstić information content (AvgIpc) is 3.09. The Balaban J connectivity index is 2.03. The Kier molecular flexibility index (Phi) is 7.98. The summed E-state index contributed by atoms with van der Waals surface area (Å²) in [6.45, 7) is 12.0. The van der Waals surface area contributed by atoms with Crippen LogP contribution in [0.15, 0.2) is 30.6 Å². The molecule has 1 atom stereocenters. The first kappa shape index (κ1) is 24.6. The lowest BCUT2D eigenvalue weighted by molar-refractivity contribution is -0.403. The van der Waals surface area contributed by atoms with Crippen molar-refractivity contribution < 1.29 is 14.3 Å². The summed E-state index contributed by atoms with van der Waals surface area (Å²) < 4.78 is 7.75. The van der Waals surface area contributed by atoms with Crippen molar-refractivity contribution >= 4 is 20.1 Å². The van der Waals surface area contributed by atoms with Crippen molar-refractivity contribution in [3.8, 4) is 0 Å². The SMILES string of the molecule is CC(C)(C)[Si](C)(C)OC(CNCCn1cc([N+](=O)[O-])nc1[N+](=O)[O-])Cc1ccccn1. The number of pyridine rings is 1. The lowest BCUT2D eigenvalue weighted by atomic mass is 10.2. The molecule has 0 saturated carbocycles. The highest BCUT2D eigenvalue weighted by atomic mass is 28.4. The van der Waals surface area contributed by atoms with Gasteiger partial charge in [-0.15, -0.1) is 0 Å². The average molecular weight is 451 g/mol. The molecule has 2 heterocycles. The smallest absolute Gasteiger partial charge is 0.412 e. The predicted molar refractivity (Wildman–Crippen MR) is 118 cm³/mol. The fraction of sp³-hybridized carbons (Fsp3) is 0.579. The molecule has 0 aliphatic rings. The Morgan fingerprint density at radius 1 is 1.23 bits per heavy atom. The van der Waals surface area contributed by atoms with Gasteiger partial charge < -0.3 is 30.0 Å². The van der Waals surface area contributed by atoms with E-state index in [1.165, 1.54) is 4.57 Å². The molecule has 2 rings (SSSR count). The van der Waals surface area contributed by atoms with Gasteiger partial charge in [0.25, 0.3) is 0 Å². The van der Waals surface area contributed by atoms with Crippen LogP contribution >= 0.6 is 0 Å². The van der Waals surface area contributed by atoms with Gasteiger partial charge in [-0.1, -0.05) is 26.8 Å². The number of hydrogen-bond acceptors (Lipinski definition) is 8. The van der Waals surface area contributed by atoms with Crippen LogP contribution in [0.5, 0.6) is 0 Å². The largest absolute Gasteiger partial charge is 0.439 e. The predicted octanol–water partition coefficient (Wildman–Crippen LogP) is 3.32. The molecule has 0 bridgehead atoms. The molecule has 0 fully saturated rings. The third-order valence-corrected chi connectivity index (χ3v) is 9.96. The molecule has 0 saturated heterocycles. The number of nitrogens with zero attached hydrogens (tertiary/aromatic N) is 5. The van der Waals surface area contributed by atoms with Crippen molar-refractivity contribution in [3.63, 3.8) is 0 Å². The van der Waals surface area contributed by atoms with Gasteiger partial charge in [0.15, 0.2) is 14.5 Å². The molecule has 1 unspecified atom stereocenters. The summed E-state index contributed by atoms with van der Waals surface area (Å²) in [5.74, 6) is -1.09. The topological polar surface area (TPSA) is 138 Å². The lowest BCUT2D eigenvalue weighted by Crippen LogP contribution is -2.47. The summed E-state index contributed by atoms with van der Waals surface area (Å²) in [5.41, 5.74) is 0.925. The second-order valence-corrected chi connectivity index (χ2v) is 13.6. The molecule has 0 amide bonds. The minimum Gasteiger partial charge on any atom is -0.412 e. The lowest BCUT2D eigenvalue weighted by Gasteiger charge is -2.39. The number of hydrogen-bond donors (Lipinski definition) is 1. The molecule has 1 N–H and O–H groups in total. The molecular formula is C19H30N6O5Si. The van der Waals surface area contributed by atoms with Crippen LogP contribution in [0.4, 0.5) is 11.8 Å². The molecular weight excluding hydrogens is 420 g/mol. The summed E-state index contributed by atoms with van der Waals surface area (Å²) in [7, 11) is -2.03. The fourth-order valence-corrected chi connectivity index (χ4v) is 4.11. The molecule has 2 aromatic heterocycles. The second-order valence-electron chi connectivity index (χ2n) is 8.84. The van der Waals surface area contributed by atoms with Crippen LogP contribution in [-0.4, -0.2) is 51.9 Å². The van der Waals surface area contributed by atoms with Crippen molar-refractivity contribution in [2.24, 2.45) is 0 Å². The van der Waals surface area contributed by atoms with Crippen LogP contribution in [-0.2, 0) is 17.4 Å². The van der Waals surface area contributed by atoms with E-state index in [-0.39, 0.29) is 17.7 Å². The zero-order chi connectivity index (χ0) is 23.2. The van der Waals surface area contributed by atoms with Crippen LogP contribution in [0.3, 0.4) is 0 Å². The molecule has 0 aliphatic heterocycles. The van der Waals surface area contributed by atoms with Gasteiger partial charge in [-0.25, -0.2) is 4.57 Å². The summed E-state index contributed by atoms with van der Waals surface area (Å²) in [4.78, 5) is 28.4. The van der Waals surface area contributed by atoms with Gasteiger partial charge in [0.1, 0.15) is 0 Å². The van der Waals surface area contributed by atoms with Gasteiger partial charge in [0.2, 0.25) is 0 Å². The van der Waals surface area contributed by atoms with Crippen molar-refractivity contribution in [2.75, 3.05) is 13.1 Å². The van der Waals surface area contributed by atoms with E-state index in [1.807, 2.05) is 18.2 Å². The number of imidazole rings is 1. The molecule has 11 nitrogen and oxygen atoms in total. The minimum absolute atomic E-state index is 0.0473. The van der Waals surface area contributed by atoms with Gasteiger partial charge in [0, 0.05) is 31.4 Å². The first-order valence-corrected chi connectivity index (χ1v) is 13.0. The van der Waals surface area contributed by atoms with Gasteiger partial charge >= 0.3 is 11.8 Å². The number of nitro groups is 2. The molecule has 0 radical (unpaired) electrons. The summed E-state index contributed by atoms with van der Waals surface area (Å²) in [6, 6.07) is 5.75. The normalized spacial score (nSPS) is 13.2. The van der Waals surface area contributed by atoms with E-state index in [0.29, 0.717) is 19.5 Å². The fourth-order valence-electron chi connectivity index (χ4n) is 2.75. The summed E-state index contributed by atoms with van der Waals surface area (Å²) >= 11 is 0. The van der Waals surface area contributed by atoms with Crippen molar-refractivity contribution in [2.45, 2.75) is 58.0 Å². The zero-order valence-electron chi connectivity index (χ0n) is 18.6. The summed E-state index contributed by atoms with van der Waals surface area (Å²) in [6.07, 6.45) is 3.34. The molecule has 170 valence electrons. The Bertz CT molecular complexity index is 897. The molecule has 0 aromatic carbocycles. The Morgan fingerprint density at radius 2 is 1.94 bits per heavy atom. The third kappa shape index (κ3) is 6.91. The Morgan fingerprint density at radius 3 is 2.48 bits per heavy atom. The first-order chi connectivity index (χ1) is 14.4. The van der Waals surface area contributed by atoms with Crippen LogP contribution in [0.25, 0.3) is 0 Å². The van der Waals surface area contributed by atoms with Crippen LogP contribution < -0.4 is 5.32 Å². The highest BCUT2D eigenvalue weighted by Gasteiger charge is 2.39.